The van der Waals surface area contributed by atoms with Crippen molar-refractivity contribution in [3.05, 3.63) is 0 Å². The highest BCUT2D eigenvalue weighted by molar-refractivity contribution is 8.01. The Labute approximate surface area is 840 Å². The van der Waals surface area contributed by atoms with Gasteiger partial charge in [-0.05, 0) is 113 Å². The monoisotopic (exact) mass is 2290 g/mol. The Kier molecular flexibility index (Phi) is 62.0. The number of nitrogens with zero attached hydrogens (tertiary/aromatic N) is 2. The Morgan fingerprint density at radius 1 is 0.361 bits per heavy atom. The van der Waals surface area contributed by atoms with Gasteiger partial charge in [-0.3, -0.25) is 48.2 Å². The average molecular weight is 2300 g/mol. The van der Waals surface area contributed by atoms with E-state index in [1.54, 1.807) is 26.4 Å². The first kappa shape index (κ1) is 140. The van der Waals surface area contributed by atoms with E-state index < -0.39 is 284 Å². The van der Waals surface area contributed by atoms with Gasteiger partial charge in [-0.15, -0.1) is 23.5 Å². The number of amides is 4. The van der Waals surface area contributed by atoms with Crippen LogP contribution in [-0.4, -0.2) is 384 Å². The highest BCUT2D eigenvalue weighted by Crippen LogP contribution is 2.68. The summed E-state index contributed by atoms with van der Waals surface area (Å²) in [6, 6.07) is 0. The molecule has 836 valence electrons. The van der Waals surface area contributed by atoms with Gasteiger partial charge in [0.1, 0.15) is 0 Å². The second kappa shape index (κ2) is 63.6. The van der Waals surface area contributed by atoms with Gasteiger partial charge in [0.2, 0.25) is 23.6 Å². The minimum absolute atomic E-state index is 0.0665. The maximum atomic E-state index is 16.1. The Hall–Kier alpha value is -5.66. The number of carbonyl (C=O) groups is 8. The topological polar surface area (TPSA) is 434 Å². The van der Waals surface area contributed by atoms with Gasteiger partial charge in [-0.2, -0.15) is 223 Å². The van der Waals surface area contributed by atoms with Crippen LogP contribution in [0.15, 0.2) is 0 Å². The van der Waals surface area contributed by atoms with E-state index in [1.807, 2.05) is 0 Å². The van der Waals surface area contributed by atoms with Gasteiger partial charge in [-0.25, -0.2) is 0 Å². The number of carboxylic acids is 4. The number of halogens is 26. The number of hydrogen-bond acceptors (Lipinski definition) is 32. The second-order valence-corrected chi connectivity index (χ2v) is 40.3. The molecule has 0 bridgehead atoms. The van der Waals surface area contributed by atoms with E-state index in [-0.39, 0.29) is 115 Å². The van der Waals surface area contributed by atoms with Crippen LogP contribution in [0.5, 0.6) is 0 Å². The lowest BCUT2D eigenvalue weighted by molar-refractivity contribution is -0.443. The number of rotatable bonds is 54. The molecule has 0 aromatic rings. The van der Waals surface area contributed by atoms with Crippen LogP contribution in [0.3, 0.4) is 0 Å². The molecule has 4 aliphatic heterocycles. The van der Waals surface area contributed by atoms with Crippen LogP contribution in [0.4, 0.5) is 114 Å². The predicted octanol–water partition coefficient (Wildman–Crippen LogP) is 14.3. The van der Waals surface area contributed by atoms with Crippen molar-refractivity contribution in [2.45, 2.75) is 207 Å². The van der Waals surface area contributed by atoms with Gasteiger partial charge in [-0.1, -0.05) is 27.7 Å². The van der Waals surface area contributed by atoms with Crippen LogP contribution in [0.25, 0.3) is 0 Å². The summed E-state index contributed by atoms with van der Waals surface area (Å²) in [5.74, 6) is -99.6. The summed E-state index contributed by atoms with van der Waals surface area (Å²) in [6.07, 6.45) is -13.7. The van der Waals surface area contributed by atoms with Gasteiger partial charge in [0.15, 0.2) is 0 Å². The lowest BCUT2D eigenvalue weighted by Gasteiger charge is -2.43. The van der Waals surface area contributed by atoms with Crippen LogP contribution in [0.2, 0.25) is 0 Å². The number of methoxy groups -OCH3 is 2. The number of ether oxygens (including phenoxy) is 8. The molecule has 2 aliphatic carbocycles. The Morgan fingerprint density at radius 2 is 0.604 bits per heavy atom. The summed E-state index contributed by atoms with van der Waals surface area (Å²) in [6.45, 7) is 6.99. The summed E-state index contributed by atoms with van der Waals surface area (Å²) < 4.78 is 418. The molecule has 0 aromatic heterocycles. The number of likely N-dealkylation sites (tertiary alicyclic amines) is 2. The van der Waals surface area contributed by atoms with E-state index in [0.29, 0.717) is 13.2 Å². The lowest BCUT2D eigenvalue weighted by atomic mass is 9.78. The number of imide groups is 2. The maximum Gasteiger partial charge on any atom is 0.460 e. The highest BCUT2D eigenvalue weighted by atomic mass is 32.2. The van der Waals surface area contributed by atoms with E-state index in [9.17, 15) is 128 Å². The predicted molar refractivity (Wildman–Crippen MR) is 463 cm³/mol. The van der Waals surface area contributed by atoms with Crippen molar-refractivity contribution in [3.8, 4) is 0 Å². The molecule has 0 aromatic carbocycles. The van der Waals surface area contributed by atoms with Gasteiger partial charge in [0, 0.05) is 57.6 Å². The number of hydrogen-bond donors (Lipinski definition) is 4. The minimum Gasteiger partial charge on any atom is -0.481 e. The minimum atomic E-state index is -8.04. The van der Waals surface area contributed by atoms with E-state index >= 15 is 35.1 Å². The van der Waals surface area contributed by atoms with Crippen molar-refractivity contribution in [2.75, 3.05) is 154 Å². The highest BCUT2D eigenvalue weighted by Gasteiger charge is 2.93. The van der Waals surface area contributed by atoms with Crippen molar-refractivity contribution in [1.82, 2.24) is 9.80 Å². The number of alkyl halides is 26. The first-order chi connectivity index (χ1) is 66.5. The first-order valence-electron chi connectivity index (χ1n) is 41.9. The SMILES string of the molecule is CCC(SCC(=O)O)C1OC(CC(SC)C2CC(C(C)SC)CC2C(F)(F)C(F)(F)C(F)(F)C(F)(F)C(F)(F)C(F)(F)F)C2C(=O)N(CCOCCOCCOC)C(=O)C12.CCC(SCC(=O)O)C1OC(CC(SC)C2CC(C(C)SC)CC2C(F)(F)C(F)(F)C(F)(F)C(F)(F)C(F)(F)C(F)(F)F)C2C(=O)N(CCOCCOCCOC)C(=O)C12.CSCC(=O)O.CSCC(=O)O.O=C=O.O=C=O.O=C=O.O=C=O. The van der Waals surface area contributed by atoms with E-state index in [4.69, 9.17) is 86.5 Å². The Bertz CT molecular complexity index is 3820. The molecule has 4 N–H and O–H groups in total. The zero-order chi connectivity index (χ0) is 112. The van der Waals surface area contributed by atoms with Crippen LogP contribution in [0.1, 0.15) is 79.1 Å². The molecule has 2 saturated carbocycles. The first-order valence-corrected chi connectivity index (χ1v) is 51.9. The smallest absolute Gasteiger partial charge is 0.460 e. The zero-order valence-electron chi connectivity index (χ0n) is 78.1. The molecule has 20 atom stereocenters. The van der Waals surface area contributed by atoms with Crippen molar-refractivity contribution < 1.29 is 249 Å². The molecule has 4 amide bonds. The quantitative estimate of drug-likeness (QED) is 0.0250. The number of carboxylic acid groups (broad SMARTS) is 4. The molecular formula is C80H108F26N2O28S8. The zero-order valence-corrected chi connectivity index (χ0v) is 84.6. The number of fused-ring (bicyclic) bond motifs is 2. The van der Waals surface area contributed by atoms with Crippen molar-refractivity contribution >= 4 is 166 Å². The Morgan fingerprint density at radius 3 is 0.819 bits per heavy atom. The average Bonchev–Trinajstić information content (AvgIpc) is 1.20. The third kappa shape index (κ3) is 35.7. The van der Waals surface area contributed by atoms with Gasteiger partial charge >= 0.3 is 120 Å². The van der Waals surface area contributed by atoms with Gasteiger partial charge in [0.25, 0.3) is 0 Å². The molecule has 0 radical (unpaired) electrons. The summed E-state index contributed by atoms with van der Waals surface area (Å²) in [4.78, 5) is 164. The molecular weight excluding hydrogens is 2190 g/mol. The van der Waals surface area contributed by atoms with Crippen LogP contribution >= 0.6 is 94.1 Å². The second-order valence-electron chi connectivity index (χ2n) is 31.5. The van der Waals surface area contributed by atoms with Crippen LogP contribution in [0, 0.1) is 59.2 Å². The molecule has 6 fully saturated rings. The maximum absolute atomic E-state index is 16.1. The molecule has 20 unspecified atom stereocenters. The fraction of sp³-hybridized carbons (Fsp3) is 0.850. The largest absolute Gasteiger partial charge is 0.481 e. The normalized spacial score (nSPS) is 23.8. The fourth-order valence-electron chi connectivity index (χ4n) is 16.4. The third-order valence-corrected chi connectivity index (χ3v) is 31.8. The summed E-state index contributed by atoms with van der Waals surface area (Å²) in [5.41, 5.74) is 0. The third-order valence-electron chi connectivity index (χ3n) is 23.3. The molecule has 6 rings (SSSR count). The number of carbonyl (C=O) groups excluding carboxylic acids is 12. The van der Waals surface area contributed by atoms with Crippen LogP contribution in [-0.2, 0) is 115 Å². The van der Waals surface area contributed by atoms with E-state index in [1.165, 1.54) is 76.6 Å². The Balaban J connectivity index is 0. The van der Waals surface area contributed by atoms with Gasteiger partial charge < -0.3 is 58.3 Å². The summed E-state index contributed by atoms with van der Waals surface area (Å²) in [5, 5.41) is 28.9. The standard InChI is InChI=1S/2C35H48F13NO8S3.2C3H6O2S.4CO2/c2*1-6-22(60-16-24(50)51)27-26-25(28(52)49(29(26)53)7-8-55-11-12-56-10-9-54-3)21(57-27)15-23(59-5)19-13-18(17(2)58-4)14-20(19)30(36,37)31(38,39)32(40,41)33(42,43)34(44,45)35(46,47)48;2*1-6-2-3(4)5;4*2-1-3/h2*17-23,25-27H,6-16H2,1-5H3,(H,50,51);2*2H2,1H3,(H,4,5);;;;. The van der Waals surface area contributed by atoms with E-state index in [0.717, 1.165) is 80.4 Å². The molecule has 4 saturated heterocycles. The number of aliphatic carboxylic acids is 4. The molecule has 4 heterocycles. The van der Waals surface area contributed by atoms with Crippen molar-refractivity contribution in [3.63, 3.8) is 0 Å². The van der Waals surface area contributed by atoms with Crippen molar-refractivity contribution in [1.29, 1.82) is 0 Å². The van der Waals surface area contributed by atoms with Gasteiger partial charge in [0.05, 0.1) is 150 Å². The molecule has 6 aliphatic rings. The molecule has 30 nitrogen and oxygen atoms in total. The lowest BCUT2D eigenvalue weighted by Crippen LogP contribution is -2.71. The fourth-order valence-corrected chi connectivity index (χ4v) is 22.2. The molecule has 0 spiro atoms. The number of thioether (sulfide) groups is 8. The molecule has 144 heavy (non-hydrogen) atoms. The molecule has 64 heteroatoms. The van der Waals surface area contributed by atoms with Crippen LogP contribution < -0.4 is 0 Å². The summed E-state index contributed by atoms with van der Waals surface area (Å²) >= 11 is 7.91. The van der Waals surface area contributed by atoms with E-state index in [2.05, 4.69) is 0 Å². The summed E-state index contributed by atoms with van der Waals surface area (Å²) in [7, 11) is 2.95. The van der Waals surface area contributed by atoms with Crippen molar-refractivity contribution in [2.24, 2.45) is 59.2 Å².